The smallest absolute Gasteiger partial charge is 0.299 e. The molecule has 17 heavy (non-hydrogen) atoms. The van der Waals surface area contributed by atoms with Crippen molar-refractivity contribution < 1.29 is 0 Å². The zero-order chi connectivity index (χ0) is 12.3. The zero-order valence-corrected chi connectivity index (χ0v) is 11.4. The largest absolute Gasteiger partial charge is 0.328 e. The third-order valence-electron chi connectivity index (χ3n) is 2.65. The third kappa shape index (κ3) is 2.88. The van der Waals surface area contributed by atoms with E-state index < -0.39 is 0 Å². The highest BCUT2D eigenvalue weighted by molar-refractivity contribution is 9.10. The average molecular weight is 295 g/mol. The highest BCUT2D eigenvalue weighted by Gasteiger charge is 2.02. The number of benzene rings is 1. The Morgan fingerprint density at radius 2 is 1.76 bits per heavy atom. The van der Waals surface area contributed by atoms with E-state index in [1.165, 1.54) is 0 Å². The van der Waals surface area contributed by atoms with Gasteiger partial charge < -0.3 is 0 Å². The summed E-state index contributed by atoms with van der Waals surface area (Å²) in [6.45, 7) is 3.48. The van der Waals surface area contributed by atoms with E-state index >= 15 is 0 Å². The first-order valence-corrected chi connectivity index (χ1v) is 6.50. The van der Waals surface area contributed by atoms with Crippen LogP contribution in [0.25, 0.3) is 0 Å². The molecule has 0 radical (unpaired) electrons. The molecule has 2 aromatic rings. The fourth-order valence-electron chi connectivity index (χ4n) is 1.77. The molecule has 4 heteroatoms. The Morgan fingerprint density at radius 1 is 1.12 bits per heavy atom. The summed E-state index contributed by atoms with van der Waals surface area (Å²) in [6.07, 6.45) is 4.67. The summed E-state index contributed by atoms with van der Waals surface area (Å²) >= 11 is 3.40. The maximum atomic E-state index is 11.9. The molecular formula is C13H15BrN2O. The quantitative estimate of drug-likeness (QED) is 0.852. The van der Waals surface area contributed by atoms with Gasteiger partial charge in [0, 0.05) is 23.4 Å². The first-order valence-electron chi connectivity index (χ1n) is 5.70. The van der Waals surface area contributed by atoms with Crippen LogP contribution >= 0.6 is 15.9 Å². The number of halogens is 1. The van der Waals surface area contributed by atoms with Crippen LogP contribution < -0.4 is 5.69 Å². The minimum atomic E-state index is 0.0646. The lowest BCUT2D eigenvalue weighted by Crippen LogP contribution is -2.24. The van der Waals surface area contributed by atoms with Crippen LogP contribution in [0.15, 0.2) is 45.9 Å². The van der Waals surface area contributed by atoms with E-state index in [2.05, 4.69) is 22.9 Å². The summed E-state index contributed by atoms with van der Waals surface area (Å²) in [6, 6.07) is 8.02. The molecule has 0 aliphatic rings. The number of hydrogen-bond acceptors (Lipinski definition) is 1. The molecule has 0 bridgehead atoms. The average Bonchev–Trinajstić information content (AvgIpc) is 2.65. The van der Waals surface area contributed by atoms with Crippen LogP contribution in [0.3, 0.4) is 0 Å². The molecule has 0 atom stereocenters. The van der Waals surface area contributed by atoms with Crippen LogP contribution in [-0.4, -0.2) is 9.13 Å². The summed E-state index contributed by atoms with van der Waals surface area (Å²) < 4.78 is 4.54. The normalized spacial score (nSPS) is 10.7. The molecule has 0 fully saturated rings. The van der Waals surface area contributed by atoms with Crippen molar-refractivity contribution >= 4 is 15.9 Å². The topological polar surface area (TPSA) is 26.9 Å². The lowest BCUT2D eigenvalue weighted by Gasteiger charge is -2.02. The van der Waals surface area contributed by atoms with Crippen molar-refractivity contribution in [2.45, 2.75) is 26.4 Å². The Bertz CT molecular complexity index is 539. The van der Waals surface area contributed by atoms with Crippen molar-refractivity contribution in [1.82, 2.24) is 9.13 Å². The minimum absolute atomic E-state index is 0.0646. The highest BCUT2D eigenvalue weighted by atomic mass is 79.9. The van der Waals surface area contributed by atoms with Crippen LogP contribution in [0.5, 0.6) is 0 Å². The van der Waals surface area contributed by atoms with E-state index in [9.17, 15) is 4.79 Å². The summed E-state index contributed by atoms with van der Waals surface area (Å²) in [5.41, 5.74) is 1.19. The molecule has 1 heterocycles. The second-order valence-electron chi connectivity index (χ2n) is 4.03. The molecular weight excluding hydrogens is 280 g/mol. The summed E-state index contributed by atoms with van der Waals surface area (Å²) in [5.74, 6) is 0. The van der Waals surface area contributed by atoms with Crippen LogP contribution in [-0.2, 0) is 13.1 Å². The third-order valence-corrected chi connectivity index (χ3v) is 3.18. The molecule has 90 valence electrons. The van der Waals surface area contributed by atoms with Gasteiger partial charge in [-0.15, -0.1) is 0 Å². The maximum absolute atomic E-state index is 11.9. The van der Waals surface area contributed by atoms with Gasteiger partial charge in [0.25, 0.3) is 0 Å². The van der Waals surface area contributed by atoms with Gasteiger partial charge in [0.15, 0.2) is 0 Å². The zero-order valence-electron chi connectivity index (χ0n) is 9.77. The van der Waals surface area contributed by atoms with Gasteiger partial charge in [-0.3, -0.25) is 9.13 Å². The first kappa shape index (κ1) is 12.2. The maximum Gasteiger partial charge on any atom is 0.328 e. The van der Waals surface area contributed by atoms with Gasteiger partial charge in [-0.25, -0.2) is 4.79 Å². The Labute approximate surface area is 109 Å². The standard InChI is InChI=1S/C13H15BrN2O/c1-2-7-15-8-9-16(13(15)17)10-11-3-5-12(14)6-4-11/h3-6,8-9H,2,7,10H2,1H3. The van der Waals surface area contributed by atoms with Gasteiger partial charge in [-0.05, 0) is 24.1 Å². The minimum Gasteiger partial charge on any atom is -0.299 e. The molecule has 0 aliphatic heterocycles. The second-order valence-corrected chi connectivity index (χ2v) is 4.94. The van der Waals surface area contributed by atoms with E-state index in [-0.39, 0.29) is 5.69 Å². The van der Waals surface area contributed by atoms with E-state index in [1.807, 2.05) is 36.7 Å². The van der Waals surface area contributed by atoms with Gasteiger partial charge in [0.05, 0.1) is 6.54 Å². The Balaban J connectivity index is 2.19. The summed E-state index contributed by atoms with van der Waals surface area (Å²) in [5, 5.41) is 0. The molecule has 0 spiro atoms. The molecule has 0 unspecified atom stereocenters. The van der Waals surface area contributed by atoms with Crippen molar-refractivity contribution in [2.75, 3.05) is 0 Å². The van der Waals surface area contributed by atoms with Gasteiger partial charge in [-0.1, -0.05) is 35.0 Å². The summed E-state index contributed by atoms with van der Waals surface area (Å²) in [4.78, 5) is 11.9. The van der Waals surface area contributed by atoms with Gasteiger partial charge in [0.2, 0.25) is 0 Å². The van der Waals surface area contributed by atoms with E-state index in [4.69, 9.17) is 0 Å². The number of rotatable bonds is 4. The molecule has 1 aromatic carbocycles. The molecule has 3 nitrogen and oxygen atoms in total. The lowest BCUT2D eigenvalue weighted by atomic mass is 10.2. The van der Waals surface area contributed by atoms with Gasteiger partial charge in [-0.2, -0.15) is 0 Å². The number of hydrogen-bond donors (Lipinski definition) is 0. The predicted octanol–water partition coefficient (Wildman–Crippen LogP) is 2.87. The monoisotopic (exact) mass is 294 g/mol. The fraction of sp³-hybridized carbons (Fsp3) is 0.308. The van der Waals surface area contributed by atoms with Crippen LogP contribution in [0, 0.1) is 0 Å². The highest BCUT2D eigenvalue weighted by Crippen LogP contribution is 2.11. The molecule has 0 saturated heterocycles. The van der Waals surface area contributed by atoms with Crippen molar-refractivity contribution in [1.29, 1.82) is 0 Å². The molecule has 0 amide bonds. The number of nitrogens with zero attached hydrogens (tertiary/aromatic N) is 2. The molecule has 2 rings (SSSR count). The van der Waals surface area contributed by atoms with Crippen molar-refractivity contribution in [3.8, 4) is 0 Å². The van der Waals surface area contributed by atoms with E-state index in [0.717, 1.165) is 23.0 Å². The van der Waals surface area contributed by atoms with Crippen LogP contribution in [0.1, 0.15) is 18.9 Å². The van der Waals surface area contributed by atoms with Crippen molar-refractivity contribution in [2.24, 2.45) is 0 Å². The van der Waals surface area contributed by atoms with Crippen molar-refractivity contribution in [3.05, 3.63) is 57.2 Å². The van der Waals surface area contributed by atoms with Crippen molar-refractivity contribution in [3.63, 3.8) is 0 Å². The number of aromatic nitrogens is 2. The fourth-order valence-corrected chi connectivity index (χ4v) is 2.04. The number of aryl methyl sites for hydroxylation is 1. The van der Waals surface area contributed by atoms with E-state index in [0.29, 0.717) is 6.54 Å². The SMILES string of the molecule is CCCn1ccn(Cc2ccc(Br)cc2)c1=O. The van der Waals surface area contributed by atoms with Crippen LogP contribution in [0.4, 0.5) is 0 Å². The number of imidazole rings is 1. The van der Waals surface area contributed by atoms with E-state index in [1.54, 1.807) is 9.13 Å². The molecule has 0 aliphatic carbocycles. The lowest BCUT2D eigenvalue weighted by molar-refractivity contribution is 0.624. The summed E-state index contributed by atoms with van der Waals surface area (Å²) in [7, 11) is 0. The Kier molecular flexibility index (Phi) is 3.84. The molecule has 1 aromatic heterocycles. The Morgan fingerprint density at radius 3 is 2.41 bits per heavy atom. The Hall–Kier alpha value is -1.29. The van der Waals surface area contributed by atoms with Gasteiger partial charge in [0.1, 0.15) is 0 Å². The van der Waals surface area contributed by atoms with Gasteiger partial charge >= 0.3 is 5.69 Å². The first-order chi connectivity index (χ1) is 8.20. The van der Waals surface area contributed by atoms with Crippen LogP contribution in [0.2, 0.25) is 0 Å². The molecule has 0 saturated carbocycles. The predicted molar refractivity (Wildman–Crippen MR) is 72.2 cm³/mol. The molecule has 0 N–H and O–H groups in total. The second kappa shape index (κ2) is 5.36.